The van der Waals surface area contributed by atoms with E-state index in [-0.39, 0.29) is 5.75 Å². The molecule has 0 fully saturated rings. The van der Waals surface area contributed by atoms with Gasteiger partial charge in [-0.05, 0) is 11.6 Å². The van der Waals surface area contributed by atoms with Crippen LogP contribution < -0.4 is 0 Å². The molecule has 0 bridgehead atoms. The minimum atomic E-state index is 0.133. The second-order valence-electron chi connectivity index (χ2n) is 3.11. The van der Waals surface area contributed by atoms with Crippen LogP contribution in [0.5, 0.6) is 5.75 Å². The monoisotopic (exact) mass is 242 g/mol. The average molecular weight is 243 g/mol. The Morgan fingerprint density at radius 3 is 2.80 bits per heavy atom. The molecule has 0 spiro atoms. The van der Waals surface area contributed by atoms with Crippen molar-refractivity contribution >= 4 is 23.2 Å². The lowest BCUT2D eigenvalue weighted by molar-refractivity contribution is 0.474. The molecule has 0 unspecified atom stereocenters. The van der Waals surface area contributed by atoms with E-state index in [1.807, 2.05) is 12.1 Å². The molecule has 15 heavy (non-hydrogen) atoms. The van der Waals surface area contributed by atoms with Crippen molar-refractivity contribution in [3.05, 3.63) is 46.2 Å². The Hall–Kier alpha value is -1.19. The predicted molar refractivity (Wildman–Crippen MR) is 59.5 cm³/mol. The fourth-order valence-corrected chi connectivity index (χ4v) is 1.66. The molecule has 2 rings (SSSR count). The Labute approximate surface area is 96.9 Å². The van der Waals surface area contributed by atoms with Gasteiger partial charge in [-0.15, -0.1) is 0 Å². The van der Waals surface area contributed by atoms with Crippen LogP contribution >= 0.6 is 23.2 Å². The van der Waals surface area contributed by atoms with E-state index in [0.717, 1.165) is 5.56 Å². The molecule has 1 aromatic carbocycles. The summed E-state index contributed by atoms with van der Waals surface area (Å²) in [6.45, 7) is 0.486. The largest absolute Gasteiger partial charge is 0.505 e. The Bertz CT molecular complexity index is 482. The molecule has 0 aliphatic rings. The van der Waals surface area contributed by atoms with E-state index in [1.54, 1.807) is 10.7 Å². The molecule has 1 heterocycles. The van der Waals surface area contributed by atoms with Gasteiger partial charge in [-0.25, -0.2) is 0 Å². The van der Waals surface area contributed by atoms with Crippen LogP contribution in [0, 0.1) is 0 Å². The Morgan fingerprint density at radius 2 is 2.13 bits per heavy atom. The molecule has 3 nitrogen and oxygen atoms in total. The van der Waals surface area contributed by atoms with Crippen molar-refractivity contribution < 1.29 is 5.11 Å². The van der Waals surface area contributed by atoms with Gasteiger partial charge in [0.1, 0.15) is 0 Å². The standard InChI is InChI=1S/C10H8Cl2N2O/c11-9-3-1-2-7(10(9)12)5-14-6-8(15)4-13-14/h1-4,6,15H,5H2. The van der Waals surface area contributed by atoms with Gasteiger partial charge in [0.05, 0.1) is 29.0 Å². The van der Waals surface area contributed by atoms with Crippen molar-refractivity contribution in [2.75, 3.05) is 0 Å². The molecule has 0 saturated heterocycles. The topological polar surface area (TPSA) is 38.1 Å². The van der Waals surface area contributed by atoms with Gasteiger partial charge in [-0.2, -0.15) is 5.10 Å². The number of aromatic hydroxyl groups is 1. The Morgan fingerprint density at radius 1 is 1.33 bits per heavy atom. The molecule has 0 amide bonds. The molecule has 5 heteroatoms. The van der Waals surface area contributed by atoms with E-state index in [1.165, 1.54) is 12.4 Å². The summed E-state index contributed by atoms with van der Waals surface area (Å²) in [7, 11) is 0. The van der Waals surface area contributed by atoms with Gasteiger partial charge in [-0.1, -0.05) is 35.3 Å². The van der Waals surface area contributed by atoms with E-state index < -0.39 is 0 Å². The van der Waals surface area contributed by atoms with E-state index in [9.17, 15) is 0 Å². The third-order valence-corrected chi connectivity index (χ3v) is 2.84. The number of halogens is 2. The highest BCUT2D eigenvalue weighted by Gasteiger charge is 2.05. The first kappa shape index (κ1) is 10.3. The van der Waals surface area contributed by atoms with Crippen molar-refractivity contribution in [3.8, 4) is 5.75 Å². The quantitative estimate of drug-likeness (QED) is 0.880. The van der Waals surface area contributed by atoms with Crippen LogP contribution in [0.3, 0.4) is 0 Å². The van der Waals surface area contributed by atoms with Crippen LogP contribution in [0.2, 0.25) is 10.0 Å². The smallest absolute Gasteiger partial charge is 0.153 e. The normalized spacial score (nSPS) is 10.5. The SMILES string of the molecule is Oc1cnn(Cc2cccc(Cl)c2Cl)c1. The fraction of sp³-hybridized carbons (Fsp3) is 0.100. The Kier molecular flexibility index (Phi) is 2.84. The maximum absolute atomic E-state index is 9.11. The number of benzene rings is 1. The van der Waals surface area contributed by atoms with Crippen LogP contribution in [0.25, 0.3) is 0 Å². The van der Waals surface area contributed by atoms with Gasteiger partial charge in [0, 0.05) is 0 Å². The molecule has 0 aliphatic carbocycles. The summed E-state index contributed by atoms with van der Waals surface area (Å²) in [6, 6.07) is 5.42. The number of rotatable bonds is 2. The van der Waals surface area contributed by atoms with Crippen molar-refractivity contribution in [1.82, 2.24) is 9.78 Å². The van der Waals surface area contributed by atoms with Crippen LogP contribution in [-0.2, 0) is 6.54 Å². The average Bonchev–Trinajstić information content (AvgIpc) is 2.59. The van der Waals surface area contributed by atoms with Crippen molar-refractivity contribution in [2.45, 2.75) is 6.54 Å². The minimum absolute atomic E-state index is 0.133. The highest BCUT2D eigenvalue weighted by atomic mass is 35.5. The van der Waals surface area contributed by atoms with Gasteiger partial charge in [0.15, 0.2) is 5.75 Å². The molecule has 0 aliphatic heterocycles. The van der Waals surface area contributed by atoms with Gasteiger partial charge in [-0.3, -0.25) is 4.68 Å². The maximum atomic E-state index is 9.11. The van der Waals surface area contributed by atoms with Crippen molar-refractivity contribution in [1.29, 1.82) is 0 Å². The van der Waals surface area contributed by atoms with Gasteiger partial charge in [0.2, 0.25) is 0 Å². The van der Waals surface area contributed by atoms with E-state index >= 15 is 0 Å². The molecule has 2 aromatic rings. The Balaban J connectivity index is 2.28. The summed E-state index contributed by atoms with van der Waals surface area (Å²) in [6.07, 6.45) is 2.90. The predicted octanol–water partition coefficient (Wildman–Crippen LogP) is 2.94. The van der Waals surface area contributed by atoms with Gasteiger partial charge >= 0.3 is 0 Å². The maximum Gasteiger partial charge on any atom is 0.153 e. The first-order valence-corrected chi connectivity index (χ1v) is 5.07. The number of hydrogen-bond acceptors (Lipinski definition) is 2. The van der Waals surface area contributed by atoms with Crippen molar-refractivity contribution in [3.63, 3.8) is 0 Å². The van der Waals surface area contributed by atoms with Crippen LogP contribution in [0.4, 0.5) is 0 Å². The molecule has 1 N–H and O–H groups in total. The van der Waals surface area contributed by atoms with Crippen LogP contribution in [-0.4, -0.2) is 14.9 Å². The first-order chi connectivity index (χ1) is 7.16. The summed E-state index contributed by atoms with van der Waals surface area (Å²) in [5.41, 5.74) is 0.868. The number of hydrogen-bond donors (Lipinski definition) is 1. The lowest BCUT2D eigenvalue weighted by Gasteiger charge is -2.05. The molecular weight excluding hydrogens is 235 g/mol. The second-order valence-corrected chi connectivity index (χ2v) is 3.89. The lowest BCUT2D eigenvalue weighted by Crippen LogP contribution is -2.00. The first-order valence-electron chi connectivity index (χ1n) is 4.31. The minimum Gasteiger partial charge on any atom is -0.505 e. The van der Waals surface area contributed by atoms with Gasteiger partial charge < -0.3 is 5.11 Å². The summed E-state index contributed by atoms with van der Waals surface area (Å²) >= 11 is 11.9. The molecule has 78 valence electrons. The molecule has 0 radical (unpaired) electrons. The van der Waals surface area contributed by atoms with E-state index in [0.29, 0.717) is 16.6 Å². The molecular formula is C10H8Cl2N2O. The van der Waals surface area contributed by atoms with E-state index in [4.69, 9.17) is 28.3 Å². The van der Waals surface area contributed by atoms with Crippen LogP contribution in [0.15, 0.2) is 30.6 Å². The van der Waals surface area contributed by atoms with Crippen molar-refractivity contribution in [2.24, 2.45) is 0 Å². The van der Waals surface area contributed by atoms with Crippen LogP contribution in [0.1, 0.15) is 5.56 Å². The third kappa shape index (κ3) is 2.25. The lowest BCUT2D eigenvalue weighted by atomic mass is 10.2. The zero-order valence-electron chi connectivity index (χ0n) is 7.69. The summed E-state index contributed by atoms with van der Waals surface area (Å²) in [5, 5.41) is 14.1. The van der Waals surface area contributed by atoms with Gasteiger partial charge in [0.25, 0.3) is 0 Å². The number of aromatic nitrogens is 2. The second kappa shape index (κ2) is 4.13. The van der Waals surface area contributed by atoms with E-state index in [2.05, 4.69) is 5.10 Å². The summed E-state index contributed by atoms with van der Waals surface area (Å²) < 4.78 is 1.59. The summed E-state index contributed by atoms with van der Waals surface area (Å²) in [4.78, 5) is 0. The molecule has 1 aromatic heterocycles. The molecule has 0 atom stereocenters. The highest BCUT2D eigenvalue weighted by molar-refractivity contribution is 6.42. The zero-order valence-corrected chi connectivity index (χ0v) is 9.20. The summed E-state index contributed by atoms with van der Waals surface area (Å²) in [5.74, 6) is 0.133. The zero-order chi connectivity index (χ0) is 10.8. The highest BCUT2D eigenvalue weighted by Crippen LogP contribution is 2.26. The third-order valence-electron chi connectivity index (χ3n) is 1.98. The number of nitrogens with zero attached hydrogens (tertiary/aromatic N) is 2. The fourth-order valence-electron chi connectivity index (χ4n) is 1.28. The molecule has 0 saturated carbocycles.